The van der Waals surface area contributed by atoms with Gasteiger partial charge in [-0.2, -0.15) is 0 Å². The van der Waals surface area contributed by atoms with E-state index in [-0.39, 0.29) is 12.3 Å². The first-order chi connectivity index (χ1) is 15.5. The number of nitrogens with two attached hydrogens (primary N) is 1. The number of nitrogen functional groups attached to an aromatic ring is 1. The lowest BCUT2D eigenvalue weighted by Gasteiger charge is -2.43. The monoisotopic (exact) mass is 574 g/mol. The van der Waals surface area contributed by atoms with Crippen molar-refractivity contribution in [1.29, 1.82) is 0 Å². The van der Waals surface area contributed by atoms with Gasteiger partial charge >= 0.3 is 11.4 Å². The maximum Gasteiger partial charge on any atom is 0.352 e. The van der Waals surface area contributed by atoms with Gasteiger partial charge in [-0.25, -0.2) is 23.5 Å². The van der Waals surface area contributed by atoms with E-state index < -0.39 is 23.0 Å². The minimum Gasteiger partial charge on any atom is -0.482 e. The topological polar surface area (TPSA) is 101 Å². The van der Waals surface area contributed by atoms with E-state index in [0.29, 0.717) is 37.2 Å². The standard InChI is InChI=1S/C23H20Br2N4O4/c1-11(30)12-4-6-13(7-5-12)28-21(31)27-9-8-15-19(29(27)22(28)32)14-10-16(24)18(26)17(25)20(14)33-23(15,2)3/h4-8,10,19H,9,26H2,1-3H3. The summed E-state index contributed by atoms with van der Waals surface area (Å²) in [7, 11) is 0. The summed E-state index contributed by atoms with van der Waals surface area (Å²) in [4.78, 5) is 38.6. The maximum atomic E-state index is 13.7. The van der Waals surface area contributed by atoms with Crippen molar-refractivity contribution in [1.82, 2.24) is 13.9 Å². The second kappa shape index (κ2) is 7.33. The molecule has 2 aliphatic heterocycles. The van der Waals surface area contributed by atoms with E-state index in [4.69, 9.17) is 10.5 Å². The minimum atomic E-state index is -0.730. The van der Waals surface area contributed by atoms with Crippen LogP contribution in [0, 0.1) is 0 Å². The fraction of sp³-hybridized carbons (Fsp3) is 0.261. The fourth-order valence-electron chi connectivity index (χ4n) is 4.53. The van der Waals surface area contributed by atoms with Crippen molar-refractivity contribution in [2.45, 2.75) is 39.0 Å². The van der Waals surface area contributed by atoms with Crippen molar-refractivity contribution in [3.05, 3.63) is 83.0 Å². The third-order valence-electron chi connectivity index (χ3n) is 6.20. The molecule has 0 amide bonds. The molecule has 0 aliphatic carbocycles. The van der Waals surface area contributed by atoms with Crippen molar-refractivity contribution in [2.24, 2.45) is 0 Å². The molecule has 0 radical (unpaired) electrons. The summed E-state index contributed by atoms with van der Waals surface area (Å²) in [6.45, 7) is 5.55. The normalized spacial score (nSPS) is 18.0. The number of hydrogen-bond donors (Lipinski definition) is 1. The summed E-state index contributed by atoms with van der Waals surface area (Å²) < 4.78 is 11.6. The average molecular weight is 576 g/mol. The first-order valence-electron chi connectivity index (χ1n) is 10.3. The molecule has 3 heterocycles. The largest absolute Gasteiger partial charge is 0.482 e. The summed E-state index contributed by atoms with van der Waals surface area (Å²) >= 11 is 7.01. The first kappa shape index (κ1) is 22.0. The summed E-state index contributed by atoms with van der Waals surface area (Å²) in [6, 6.07) is 7.71. The van der Waals surface area contributed by atoms with Crippen LogP contribution < -0.4 is 21.9 Å². The van der Waals surface area contributed by atoms with Crippen LogP contribution in [0.2, 0.25) is 0 Å². The first-order valence-corrected chi connectivity index (χ1v) is 11.8. The van der Waals surface area contributed by atoms with Gasteiger partial charge in [-0.1, -0.05) is 6.08 Å². The quantitative estimate of drug-likeness (QED) is 0.284. The SMILES string of the molecule is CC(=O)c1ccc(-n2c(=O)n3n(c2=O)C2C(=CC3)C(C)(C)Oc3c2cc(Br)c(N)c3Br)cc1. The number of fused-ring (bicyclic) bond motifs is 5. The second-order valence-electron chi connectivity index (χ2n) is 8.61. The molecule has 0 saturated heterocycles. The van der Waals surface area contributed by atoms with Gasteiger partial charge in [0.25, 0.3) is 0 Å². The van der Waals surface area contributed by atoms with Crippen LogP contribution in [0.15, 0.2) is 60.5 Å². The lowest BCUT2D eigenvalue weighted by atomic mass is 9.83. The molecule has 33 heavy (non-hydrogen) atoms. The number of carbonyl (C=O) groups is 1. The maximum absolute atomic E-state index is 13.7. The molecule has 0 saturated carbocycles. The number of anilines is 1. The number of benzene rings is 2. The van der Waals surface area contributed by atoms with Crippen LogP contribution >= 0.6 is 31.9 Å². The lowest BCUT2D eigenvalue weighted by molar-refractivity contribution is 0.101. The molecular formula is C23H20Br2N4O4. The van der Waals surface area contributed by atoms with Crippen LogP contribution in [0.5, 0.6) is 5.75 Å². The van der Waals surface area contributed by atoms with E-state index >= 15 is 0 Å². The average Bonchev–Trinajstić information content (AvgIpc) is 3.03. The van der Waals surface area contributed by atoms with Gasteiger partial charge in [0.2, 0.25) is 0 Å². The van der Waals surface area contributed by atoms with Gasteiger partial charge in [-0.15, -0.1) is 0 Å². The number of ketones is 1. The Labute approximate surface area is 205 Å². The van der Waals surface area contributed by atoms with E-state index in [0.717, 1.165) is 10.1 Å². The summed E-state index contributed by atoms with van der Waals surface area (Å²) in [5.41, 5.74) is 7.52. The molecule has 0 spiro atoms. The van der Waals surface area contributed by atoms with Gasteiger partial charge in [0.1, 0.15) is 17.4 Å². The van der Waals surface area contributed by atoms with Gasteiger partial charge in [-0.3, -0.25) is 4.79 Å². The Bertz CT molecular complexity index is 1490. The number of hydrogen-bond acceptors (Lipinski definition) is 5. The zero-order chi connectivity index (χ0) is 23.8. The Kier molecular flexibility index (Phi) is 4.88. The number of rotatable bonds is 2. The number of aromatic nitrogens is 3. The van der Waals surface area contributed by atoms with E-state index in [2.05, 4.69) is 31.9 Å². The fourth-order valence-corrected chi connectivity index (χ4v) is 5.77. The molecule has 3 aromatic rings. The number of halogens is 2. The third-order valence-corrected chi connectivity index (χ3v) is 7.64. The molecule has 2 aromatic carbocycles. The Morgan fingerprint density at radius 3 is 2.45 bits per heavy atom. The Hall–Kier alpha value is -2.85. The Morgan fingerprint density at radius 2 is 1.82 bits per heavy atom. The molecule has 5 rings (SSSR count). The predicted molar refractivity (Wildman–Crippen MR) is 131 cm³/mol. The van der Waals surface area contributed by atoms with Crippen LogP contribution in [-0.2, 0) is 6.54 Å². The number of carbonyl (C=O) groups excluding carboxylic acids is 1. The van der Waals surface area contributed by atoms with Crippen molar-refractivity contribution in [3.8, 4) is 11.4 Å². The number of ether oxygens (including phenoxy) is 1. The molecule has 0 fully saturated rings. The third kappa shape index (κ3) is 3.11. The van der Waals surface area contributed by atoms with Crippen LogP contribution in [-0.4, -0.2) is 25.3 Å². The van der Waals surface area contributed by atoms with Gasteiger partial charge < -0.3 is 10.5 Å². The van der Waals surface area contributed by atoms with Gasteiger partial charge in [0.05, 0.1) is 22.4 Å². The van der Waals surface area contributed by atoms with Crippen molar-refractivity contribution < 1.29 is 9.53 Å². The molecule has 1 atom stereocenters. The molecular weight excluding hydrogens is 556 g/mol. The highest BCUT2D eigenvalue weighted by molar-refractivity contribution is 9.11. The van der Waals surface area contributed by atoms with Gasteiger partial charge in [0.15, 0.2) is 5.78 Å². The van der Waals surface area contributed by atoms with Crippen molar-refractivity contribution in [2.75, 3.05) is 5.73 Å². The molecule has 2 N–H and O–H groups in total. The molecule has 1 aromatic heterocycles. The van der Waals surface area contributed by atoms with Crippen molar-refractivity contribution >= 4 is 43.3 Å². The van der Waals surface area contributed by atoms with E-state index in [9.17, 15) is 14.4 Å². The van der Waals surface area contributed by atoms with E-state index in [1.807, 2.05) is 26.0 Å². The summed E-state index contributed by atoms with van der Waals surface area (Å²) in [6.07, 6.45) is 1.94. The molecule has 1 unspecified atom stereocenters. The molecule has 170 valence electrons. The Morgan fingerprint density at radius 1 is 1.15 bits per heavy atom. The highest BCUT2D eigenvalue weighted by atomic mass is 79.9. The van der Waals surface area contributed by atoms with Crippen LogP contribution in [0.4, 0.5) is 5.69 Å². The second-order valence-corrected chi connectivity index (χ2v) is 10.3. The van der Waals surface area contributed by atoms with Gasteiger partial charge in [0, 0.05) is 15.6 Å². The number of allylic oxidation sites excluding steroid dienone is 1. The number of Topliss-reactive ketones (excluding diaryl/α,β-unsaturated/α-hetero) is 1. The minimum absolute atomic E-state index is 0.0906. The Balaban J connectivity index is 1.78. The van der Waals surface area contributed by atoms with Crippen molar-refractivity contribution in [3.63, 3.8) is 0 Å². The molecule has 0 bridgehead atoms. The van der Waals surface area contributed by atoms with E-state index in [1.165, 1.54) is 16.3 Å². The molecule has 8 nitrogen and oxygen atoms in total. The zero-order valence-electron chi connectivity index (χ0n) is 18.1. The van der Waals surface area contributed by atoms with Crippen LogP contribution in [0.3, 0.4) is 0 Å². The van der Waals surface area contributed by atoms with Crippen LogP contribution in [0.1, 0.15) is 42.7 Å². The molecule has 2 aliphatic rings. The zero-order valence-corrected chi connectivity index (χ0v) is 21.2. The number of nitrogens with zero attached hydrogens (tertiary/aromatic N) is 3. The van der Waals surface area contributed by atoms with Gasteiger partial charge in [-0.05, 0) is 88.5 Å². The lowest BCUT2D eigenvalue weighted by Crippen LogP contribution is -2.46. The summed E-state index contributed by atoms with van der Waals surface area (Å²) in [5, 5.41) is 0. The summed E-state index contributed by atoms with van der Waals surface area (Å²) in [5.74, 6) is 0.446. The van der Waals surface area contributed by atoms with Crippen LogP contribution in [0.25, 0.3) is 5.69 Å². The highest BCUT2D eigenvalue weighted by Crippen LogP contribution is 2.51. The predicted octanol–water partition coefficient (Wildman–Crippen LogP) is 3.81. The smallest absolute Gasteiger partial charge is 0.352 e. The van der Waals surface area contributed by atoms with E-state index in [1.54, 1.807) is 24.3 Å². The molecule has 10 heteroatoms. The highest BCUT2D eigenvalue weighted by Gasteiger charge is 2.45.